The number of amides is 1. The summed E-state index contributed by atoms with van der Waals surface area (Å²) in [6.45, 7) is 0.327. The van der Waals surface area contributed by atoms with Crippen LogP contribution in [0.4, 0.5) is 23.2 Å². The largest absolute Gasteiger partial charge is 0.401 e. The molecule has 1 aromatic carbocycles. The Labute approximate surface area is 108 Å². The summed E-state index contributed by atoms with van der Waals surface area (Å²) in [6.07, 6.45) is -4.35. The fourth-order valence-electron chi connectivity index (χ4n) is 1.53. The Hall–Kier alpha value is -1.63. The molecule has 0 aliphatic heterocycles. The summed E-state index contributed by atoms with van der Waals surface area (Å²) in [6, 6.07) is 5.18. The maximum atomic E-state index is 12.7. The predicted octanol–water partition coefficient (Wildman–Crippen LogP) is 2.33. The average molecular weight is 278 g/mol. The van der Waals surface area contributed by atoms with Crippen molar-refractivity contribution in [3.63, 3.8) is 0 Å². The zero-order valence-corrected chi connectivity index (χ0v) is 10.3. The molecule has 0 fully saturated rings. The Balaban J connectivity index is 2.59. The third kappa shape index (κ3) is 5.25. The van der Waals surface area contributed by atoms with Crippen LogP contribution in [-0.2, 0) is 4.79 Å². The van der Waals surface area contributed by atoms with Crippen molar-refractivity contribution in [2.24, 2.45) is 0 Å². The van der Waals surface area contributed by atoms with Gasteiger partial charge < -0.3 is 10.2 Å². The first-order valence-corrected chi connectivity index (χ1v) is 5.67. The minimum atomic E-state index is -4.35. The SMILES string of the molecule is CCN(C(=O)CNCC(F)(F)F)c1ccc(F)cc1. The summed E-state index contributed by atoms with van der Waals surface area (Å²) in [5.74, 6) is -0.944. The van der Waals surface area contributed by atoms with Gasteiger partial charge in [-0.1, -0.05) is 0 Å². The number of anilines is 1. The Morgan fingerprint density at radius 1 is 1.26 bits per heavy atom. The zero-order valence-electron chi connectivity index (χ0n) is 10.3. The van der Waals surface area contributed by atoms with Crippen LogP contribution in [0.15, 0.2) is 24.3 Å². The summed E-state index contributed by atoms with van der Waals surface area (Å²) in [5.41, 5.74) is 0.447. The first-order valence-electron chi connectivity index (χ1n) is 5.67. The fraction of sp³-hybridized carbons (Fsp3) is 0.417. The molecule has 0 unspecified atom stereocenters. The number of nitrogens with zero attached hydrogens (tertiary/aromatic N) is 1. The number of halogens is 4. The van der Waals surface area contributed by atoms with E-state index in [4.69, 9.17) is 0 Å². The van der Waals surface area contributed by atoms with E-state index in [0.29, 0.717) is 5.69 Å². The van der Waals surface area contributed by atoms with Crippen LogP contribution in [0.1, 0.15) is 6.92 Å². The van der Waals surface area contributed by atoms with E-state index >= 15 is 0 Å². The predicted molar refractivity (Wildman–Crippen MR) is 63.4 cm³/mol. The van der Waals surface area contributed by atoms with Crippen LogP contribution in [0.5, 0.6) is 0 Å². The van der Waals surface area contributed by atoms with Crippen LogP contribution in [0, 0.1) is 5.82 Å². The standard InChI is InChI=1S/C12H14F4N2O/c1-2-18(10-5-3-9(13)4-6-10)11(19)7-17-8-12(14,15)16/h3-6,17H,2,7-8H2,1H3. The number of nitrogens with one attached hydrogen (secondary N) is 1. The topological polar surface area (TPSA) is 32.3 Å². The number of hydrogen-bond donors (Lipinski definition) is 1. The number of hydrogen-bond acceptors (Lipinski definition) is 2. The fourth-order valence-corrected chi connectivity index (χ4v) is 1.53. The van der Waals surface area contributed by atoms with E-state index in [0.717, 1.165) is 0 Å². The van der Waals surface area contributed by atoms with Crippen LogP contribution < -0.4 is 10.2 Å². The van der Waals surface area contributed by atoms with Crippen LogP contribution in [-0.4, -0.2) is 31.7 Å². The third-order valence-corrected chi connectivity index (χ3v) is 2.36. The number of alkyl halides is 3. The van der Waals surface area contributed by atoms with Crippen LogP contribution in [0.25, 0.3) is 0 Å². The van der Waals surface area contributed by atoms with E-state index in [1.54, 1.807) is 6.92 Å². The number of carbonyl (C=O) groups is 1. The molecule has 0 saturated carbocycles. The second-order valence-electron chi connectivity index (χ2n) is 3.83. The molecule has 106 valence electrons. The Bertz CT molecular complexity index is 417. The molecule has 0 heterocycles. The van der Waals surface area contributed by atoms with E-state index in [9.17, 15) is 22.4 Å². The summed E-state index contributed by atoms with van der Waals surface area (Å²) in [4.78, 5) is 13.0. The first-order chi connectivity index (χ1) is 8.83. The van der Waals surface area contributed by atoms with Gasteiger partial charge in [0.15, 0.2) is 0 Å². The van der Waals surface area contributed by atoms with Gasteiger partial charge in [0.05, 0.1) is 13.1 Å². The minimum Gasteiger partial charge on any atom is -0.312 e. The van der Waals surface area contributed by atoms with Crippen LogP contribution >= 0.6 is 0 Å². The van der Waals surface area contributed by atoms with E-state index in [1.165, 1.54) is 29.2 Å². The third-order valence-electron chi connectivity index (χ3n) is 2.36. The molecule has 0 aromatic heterocycles. The van der Waals surface area contributed by atoms with Gasteiger partial charge in [-0.2, -0.15) is 13.2 Å². The molecular weight excluding hydrogens is 264 g/mol. The molecule has 1 N–H and O–H groups in total. The molecule has 0 saturated heterocycles. The molecule has 0 spiro atoms. The van der Waals surface area contributed by atoms with Crippen molar-refractivity contribution >= 4 is 11.6 Å². The highest BCUT2D eigenvalue weighted by Gasteiger charge is 2.27. The zero-order chi connectivity index (χ0) is 14.5. The van der Waals surface area contributed by atoms with Crippen molar-refractivity contribution in [3.05, 3.63) is 30.1 Å². The van der Waals surface area contributed by atoms with Gasteiger partial charge >= 0.3 is 6.18 Å². The second-order valence-corrected chi connectivity index (χ2v) is 3.83. The lowest BCUT2D eigenvalue weighted by Crippen LogP contribution is -2.41. The minimum absolute atomic E-state index is 0.290. The van der Waals surface area contributed by atoms with Gasteiger partial charge in [0.25, 0.3) is 0 Å². The van der Waals surface area contributed by atoms with Crippen molar-refractivity contribution in [2.45, 2.75) is 13.1 Å². The molecular formula is C12H14F4N2O. The van der Waals surface area contributed by atoms with E-state index in [1.807, 2.05) is 5.32 Å². The quantitative estimate of drug-likeness (QED) is 0.838. The smallest absolute Gasteiger partial charge is 0.312 e. The monoisotopic (exact) mass is 278 g/mol. The van der Waals surface area contributed by atoms with Crippen molar-refractivity contribution < 1.29 is 22.4 Å². The van der Waals surface area contributed by atoms with Crippen molar-refractivity contribution in [1.82, 2.24) is 5.32 Å². The van der Waals surface area contributed by atoms with Gasteiger partial charge in [0.1, 0.15) is 5.82 Å². The average Bonchev–Trinajstić information content (AvgIpc) is 2.31. The van der Waals surface area contributed by atoms with Crippen molar-refractivity contribution in [3.8, 4) is 0 Å². The Morgan fingerprint density at radius 3 is 2.32 bits per heavy atom. The first kappa shape index (κ1) is 15.4. The van der Waals surface area contributed by atoms with Crippen LogP contribution in [0.3, 0.4) is 0 Å². The number of carbonyl (C=O) groups excluding carboxylic acids is 1. The van der Waals surface area contributed by atoms with E-state index in [2.05, 4.69) is 0 Å². The van der Waals surface area contributed by atoms with E-state index in [-0.39, 0.29) is 6.54 Å². The van der Waals surface area contributed by atoms with Gasteiger partial charge in [-0.15, -0.1) is 0 Å². The summed E-state index contributed by atoms with van der Waals surface area (Å²) in [7, 11) is 0. The number of benzene rings is 1. The summed E-state index contributed by atoms with van der Waals surface area (Å²) in [5, 5.41) is 2.03. The molecule has 1 aromatic rings. The maximum absolute atomic E-state index is 12.7. The molecule has 0 aliphatic carbocycles. The lowest BCUT2D eigenvalue weighted by molar-refractivity contribution is -0.127. The van der Waals surface area contributed by atoms with Crippen molar-refractivity contribution in [1.29, 1.82) is 0 Å². The van der Waals surface area contributed by atoms with E-state index < -0.39 is 31.0 Å². The molecule has 1 amide bonds. The van der Waals surface area contributed by atoms with Crippen LogP contribution in [0.2, 0.25) is 0 Å². The second kappa shape index (κ2) is 6.51. The highest BCUT2D eigenvalue weighted by molar-refractivity contribution is 5.94. The highest BCUT2D eigenvalue weighted by Crippen LogP contribution is 2.15. The Morgan fingerprint density at radius 2 is 1.84 bits per heavy atom. The summed E-state index contributed by atoms with van der Waals surface area (Å²) >= 11 is 0. The van der Waals surface area contributed by atoms with Gasteiger partial charge in [0.2, 0.25) is 5.91 Å². The maximum Gasteiger partial charge on any atom is 0.401 e. The van der Waals surface area contributed by atoms with Gasteiger partial charge in [0, 0.05) is 12.2 Å². The van der Waals surface area contributed by atoms with Gasteiger partial charge in [-0.25, -0.2) is 4.39 Å². The van der Waals surface area contributed by atoms with Gasteiger partial charge in [-0.3, -0.25) is 4.79 Å². The lowest BCUT2D eigenvalue weighted by atomic mass is 10.2. The van der Waals surface area contributed by atoms with Gasteiger partial charge in [-0.05, 0) is 31.2 Å². The number of likely N-dealkylation sites (N-methyl/N-ethyl adjacent to an activating group) is 1. The molecule has 0 aliphatic rings. The van der Waals surface area contributed by atoms with Crippen molar-refractivity contribution in [2.75, 3.05) is 24.5 Å². The molecule has 0 atom stereocenters. The molecule has 0 bridgehead atoms. The number of rotatable bonds is 5. The molecule has 0 radical (unpaired) electrons. The molecule has 3 nitrogen and oxygen atoms in total. The molecule has 7 heteroatoms. The summed E-state index contributed by atoms with van der Waals surface area (Å²) < 4.78 is 48.5. The normalized spacial score (nSPS) is 11.4. The molecule has 1 rings (SSSR count). The highest BCUT2D eigenvalue weighted by atomic mass is 19.4. The Kier molecular flexibility index (Phi) is 5.29. The molecule has 19 heavy (non-hydrogen) atoms. The lowest BCUT2D eigenvalue weighted by Gasteiger charge is -2.21.